The standard InChI is InChI=1S/C10H12N2O2/c1-7-2-3-11-8(4-7)9-5-14-6-10(13)12-9/h2-4,9H,5-6H2,1H3,(H,12,13)/t9-/m1/s1. The lowest BCUT2D eigenvalue weighted by Gasteiger charge is -2.23. The lowest BCUT2D eigenvalue weighted by atomic mass is 10.1. The molecule has 4 heteroatoms. The zero-order valence-electron chi connectivity index (χ0n) is 7.99. The molecule has 0 saturated carbocycles. The van der Waals surface area contributed by atoms with Crippen molar-refractivity contribution >= 4 is 5.91 Å². The van der Waals surface area contributed by atoms with E-state index in [0.717, 1.165) is 11.3 Å². The summed E-state index contributed by atoms with van der Waals surface area (Å²) in [7, 11) is 0. The Morgan fingerprint density at radius 2 is 2.50 bits per heavy atom. The van der Waals surface area contributed by atoms with Crippen LogP contribution in [0, 0.1) is 6.92 Å². The maximum Gasteiger partial charge on any atom is 0.246 e. The molecule has 1 aromatic heterocycles. The van der Waals surface area contributed by atoms with E-state index in [4.69, 9.17) is 4.74 Å². The zero-order valence-corrected chi connectivity index (χ0v) is 7.99. The van der Waals surface area contributed by atoms with Gasteiger partial charge in [-0.3, -0.25) is 9.78 Å². The smallest absolute Gasteiger partial charge is 0.246 e. The van der Waals surface area contributed by atoms with Crippen molar-refractivity contribution in [2.45, 2.75) is 13.0 Å². The van der Waals surface area contributed by atoms with Gasteiger partial charge in [-0.05, 0) is 24.6 Å². The Morgan fingerprint density at radius 1 is 1.64 bits per heavy atom. The van der Waals surface area contributed by atoms with E-state index in [1.165, 1.54) is 0 Å². The van der Waals surface area contributed by atoms with Gasteiger partial charge in [-0.1, -0.05) is 0 Å². The van der Waals surface area contributed by atoms with E-state index in [1.54, 1.807) is 6.20 Å². The minimum absolute atomic E-state index is 0.0791. The van der Waals surface area contributed by atoms with Gasteiger partial charge in [-0.15, -0.1) is 0 Å². The van der Waals surface area contributed by atoms with Crippen LogP contribution in [-0.4, -0.2) is 24.1 Å². The SMILES string of the molecule is Cc1ccnc([C@H]2COCC(=O)N2)c1. The minimum atomic E-state index is -0.101. The minimum Gasteiger partial charge on any atom is -0.369 e. The number of ether oxygens (including phenoxy) is 1. The van der Waals surface area contributed by atoms with Crippen LogP contribution in [0.1, 0.15) is 17.3 Å². The van der Waals surface area contributed by atoms with E-state index in [2.05, 4.69) is 10.3 Å². The number of pyridine rings is 1. The van der Waals surface area contributed by atoms with Gasteiger partial charge in [0, 0.05) is 6.20 Å². The summed E-state index contributed by atoms with van der Waals surface area (Å²) in [5.74, 6) is -0.0791. The summed E-state index contributed by atoms with van der Waals surface area (Å²) in [6.45, 7) is 2.65. The lowest BCUT2D eigenvalue weighted by molar-refractivity contribution is -0.131. The second-order valence-corrected chi connectivity index (χ2v) is 3.39. The monoisotopic (exact) mass is 192 g/mol. The summed E-state index contributed by atoms with van der Waals surface area (Å²) in [6.07, 6.45) is 1.74. The lowest BCUT2D eigenvalue weighted by Crippen LogP contribution is -2.40. The summed E-state index contributed by atoms with van der Waals surface area (Å²) in [5, 5.41) is 2.83. The second kappa shape index (κ2) is 3.75. The maximum atomic E-state index is 11.1. The van der Waals surface area contributed by atoms with Crippen molar-refractivity contribution in [2.75, 3.05) is 13.2 Å². The first-order valence-corrected chi connectivity index (χ1v) is 4.55. The third-order valence-electron chi connectivity index (χ3n) is 2.15. The van der Waals surface area contributed by atoms with Gasteiger partial charge in [-0.25, -0.2) is 0 Å². The van der Waals surface area contributed by atoms with Crippen LogP contribution in [0.4, 0.5) is 0 Å². The third kappa shape index (κ3) is 1.90. The summed E-state index contributed by atoms with van der Waals surface area (Å²) in [6, 6.07) is 3.78. The molecule has 74 valence electrons. The van der Waals surface area contributed by atoms with Crippen molar-refractivity contribution in [3.05, 3.63) is 29.6 Å². The highest BCUT2D eigenvalue weighted by atomic mass is 16.5. The molecule has 1 atom stereocenters. The van der Waals surface area contributed by atoms with Crippen molar-refractivity contribution in [3.8, 4) is 0 Å². The van der Waals surface area contributed by atoms with Crippen LogP contribution >= 0.6 is 0 Å². The molecular formula is C10H12N2O2. The number of hydrogen-bond donors (Lipinski definition) is 1. The molecule has 0 spiro atoms. The Kier molecular flexibility index (Phi) is 2.45. The highest BCUT2D eigenvalue weighted by Gasteiger charge is 2.20. The van der Waals surface area contributed by atoms with Gasteiger partial charge in [0.05, 0.1) is 18.3 Å². The number of rotatable bonds is 1. The van der Waals surface area contributed by atoms with Gasteiger partial charge in [0.1, 0.15) is 6.61 Å². The molecule has 0 radical (unpaired) electrons. The molecule has 1 fully saturated rings. The summed E-state index contributed by atoms with van der Waals surface area (Å²) in [5.41, 5.74) is 1.99. The topological polar surface area (TPSA) is 51.2 Å². The molecule has 0 unspecified atom stereocenters. The summed E-state index contributed by atoms with van der Waals surface area (Å²) in [4.78, 5) is 15.3. The number of aryl methyl sites for hydroxylation is 1. The molecule has 0 bridgehead atoms. The highest BCUT2D eigenvalue weighted by Crippen LogP contribution is 2.14. The molecular weight excluding hydrogens is 180 g/mol. The molecule has 1 aliphatic heterocycles. The number of carbonyl (C=O) groups excluding carboxylic acids is 1. The fourth-order valence-corrected chi connectivity index (χ4v) is 1.46. The predicted octanol–water partition coefficient (Wildman–Crippen LogP) is 0.578. The number of amides is 1. The Balaban J connectivity index is 2.17. The van der Waals surface area contributed by atoms with Crippen molar-refractivity contribution in [3.63, 3.8) is 0 Å². The van der Waals surface area contributed by atoms with Gasteiger partial charge < -0.3 is 10.1 Å². The normalized spacial score (nSPS) is 21.8. The zero-order chi connectivity index (χ0) is 9.97. The summed E-state index contributed by atoms with van der Waals surface area (Å²) < 4.78 is 5.14. The predicted molar refractivity (Wildman–Crippen MR) is 50.7 cm³/mol. The number of nitrogens with zero attached hydrogens (tertiary/aromatic N) is 1. The fraction of sp³-hybridized carbons (Fsp3) is 0.400. The molecule has 14 heavy (non-hydrogen) atoms. The first kappa shape index (κ1) is 9.15. The van der Waals surface area contributed by atoms with Gasteiger partial charge in [0.15, 0.2) is 0 Å². The number of aromatic nitrogens is 1. The van der Waals surface area contributed by atoms with Crippen LogP contribution in [-0.2, 0) is 9.53 Å². The third-order valence-corrected chi connectivity index (χ3v) is 2.15. The van der Waals surface area contributed by atoms with Crippen LogP contribution in [0.2, 0.25) is 0 Å². The van der Waals surface area contributed by atoms with E-state index < -0.39 is 0 Å². The van der Waals surface area contributed by atoms with Crippen LogP contribution < -0.4 is 5.32 Å². The Labute approximate surface area is 82.3 Å². The average molecular weight is 192 g/mol. The van der Waals surface area contributed by atoms with E-state index in [-0.39, 0.29) is 18.6 Å². The quantitative estimate of drug-likeness (QED) is 0.708. The van der Waals surface area contributed by atoms with Crippen molar-refractivity contribution < 1.29 is 9.53 Å². The van der Waals surface area contributed by atoms with Gasteiger partial charge in [0.25, 0.3) is 0 Å². The van der Waals surface area contributed by atoms with Gasteiger partial charge >= 0.3 is 0 Å². The number of carbonyl (C=O) groups is 1. The average Bonchev–Trinajstić information content (AvgIpc) is 2.18. The first-order chi connectivity index (χ1) is 6.75. The van der Waals surface area contributed by atoms with E-state index >= 15 is 0 Å². The molecule has 1 aliphatic rings. The van der Waals surface area contributed by atoms with Gasteiger partial charge in [0.2, 0.25) is 5.91 Å². The van der Waals surface area contributed by atoms with Crippen LogP contribution in [0.5, 0.6) is 0 Å². The van der Waals surface area contributed by atoms with E-state index in [1.807, 2.05) is 19.1 Å². The molecule has 1 aromatic rings. The molecule has 0 aromatic carbocycles. The molecule has 1 amide bonds. The first-order valence-electron chi connectivity index (χ1n) is 4.55. The van der Waals surface area contributed by atoms with Crippen LogP contribution in [0.15, 0.2) is 18.3 Å². The van der Waals surface area contributed by atoms with Crippen molar-refractivity contribution in [1.82, 2.24) is 10.3 Å². The largest absolute Gasteiger partial charge is 0.369 e. The molecule has 4 nitrogen and oxygen atoms in total. The fourth-order valence-electron chi connectivity index (χ4n) is 1.46. The molecule has 2 rings (SSSR count). The Hall–Kier alpha value is -1.42. The number of nitrogens with one attached hydrogen (secondary N) is 1. The van der Waals surface area contributed by atoms with Gasteiger partial charge in [-0.2, -0.15) is 0 Å². The summed E-state index contributed by atoms with van der Waals surface area (Å²) >= 11 is 0. The number of hydrogen-bond acceptors (Lipinski definition) is 3. The molecule has 1 N–H and O–H groups in total. The van der Waals surface area contributed by atoms with Crippen molar-refractivity contribution in [2.24, 2.45) is 0 Å². The maximum absolute atomic E-state index is 11.1. The highest BCUT2D eigenvalue weighted by molar-refractivity contribution is 5.78. The Bertz CT molecular complexity index is 352. The van der Waals surface area contributed by atoms with Crippen LogP contribution in [0.25, 0.3) is 0 Å². The molecule has 2 heterocycles. The van der Waals surface area contributed by atoms with Crippen LogP contribution in [0.3, 0.4) is 0 Å². The Morgan fingerprint density at radius 3 is 3.21 bits per heavy atom. The van der Waals surface area contributed by atoms with Crippen molar-refractivity contribution in [1.29, 1.82) is 0 Å². The van der Waals surface area contributed by atoms with E-state index in [9.17, 15) is 4.79 Å². The number of morpholine rings is 1. The van der Waals surface area contributed by atoms with E-state index in [0.29, 0.717) is 6.61 Å². The molecule has 0 aliphatic carbocycles. The second-order valence-electron chi connectivity index (χ2n) is 3.39. The molecule has 1 saturated heterocycles.